The van der Waals surface area contributed by atoms with E-state index in [9.17, 15) is 4.79 Å². The second-order valence-corrected chi connectivity index (χ2v) is 3.98. The van der Waals surface area contributed by atoms with Crippen LogP contribution in [-0.4, -0.2) is 47.7 Å². The van der Waals surface area contributed by atoms with Crippen LogP contribution in [-0.2, 0) is 0 Å². The van der Waals surface area contributed by atoms with Gasteiger partial charge in [0.25, 0.3) is 5.91 Å². The first-order chi connectivity index (χ1) is 7.49. The lowest BCUT2D eigenvalue weighted by Gasteiger charge is -2.18. The lowest BCUT2D eigenvalue weighted by Crippen LogP contribution is -2.30. The summed E-state index contributed by atoms with van der Waals surface area (Å²) >= 11 is 0. The van der Waals surface area contributed by atoms with Crippen LogP contribution in [0, 0.1) is 0 Å². The van der Waals surface area contributed by atoms with Crippen LogP contribution in [0.3, 0.4) is 0 Å². The third kappa shape index (κ3) is 3.82. The van der Waals surface area contributed by atoms with Crippen LogP contribution < -0.4 is 11.1 Å². The highest BCUT2D eigenvalue weighted by molar-refractivity contribution is 5.90. The van der Waals surface area contributed by atoms with Crippen molar-refractivity contribution in [3.8, 4) is 0 Å². The average Bonchev–Trinajstić information content (AvgIpc) is 2.16. The minimum atomic E-state index is -0.569. The van der Waals surface area contributed by atoms with Crippen LogP contribution in [0.15, 0.2) is 12.1 Å². The van der Waals surface area contributed by atoms with E-state index in [1.54, 1.807) is 12.1 Å². The Balaban J connectivity index is 2.58. The molecule has 0 spiro atoms. The maximum absolute atomic E-state index is 10.8. The molecule has 1 aromatic heterocycles. The minimum Gasteiger partial charge on any atom is -0.365 e. The molecule has 1 rings (SSSR count). The molecular weight excluding hydrogens is 206 g/mol. The van der Waals surface area contributed by atoms with E-state index < -0.39 is 5.91 Å². The molecule has 0 aliphatic rings. The molecule has 3 N–H and O–H groups in total. The SMILES string of the molecule is CC(CN(C)C)Nc1ccc(C(N)=O)nn1. The molecule has 88 valence electrons. The fourth-order valence-electron chi connectivity index (χ4n) is 1.39. The number of anilines is 1. The van der Waals surface area contributed by atoms with Gasteiger partial charge >= 0.3 is 0 Å². The largest absolute Gasteiger partial charge is 0.365 e. The normalized spacial score (nSPS) is 12.5. The van der Waals surface area contributed by atoms with Gasteiger partial charge in [-0.05, 0) is 33.2 Å². The quantitative estimate of drug-likeness (QED) is 0.730. The highest BCUT2D eigenvalue weighted by Gasteiger charge is 2.06. The summed E-state index contributed by atoms with van der Waals surface area (Å²) < 4.78 is 0. The first-order valence-corrected chi connectivity index (χ1v) is 5.04. The Morgan fingerprint density at radius 1 is 1.50 bits per heavy atom. The van der Waals surface area contributed by atoms with Crippen LogP contribution in [0.4, 0.5) is 5.82 Å². The summed E-state index contributed by atoms with van der Waals surface area (Å²) in [6.07, 6.45) is 0. The standard InChI is InChI=1S/C10H17N5O/c1-7(6-15(2)3)12-9-5-4-8(10(11)16)13-14-9/h4-5,7H,6H2,1-3H3,(H2,11,16)(H,12,14). The van der Waals surface area contributed by atoms with Gasteiger partial charge in [-0.1, -0.05) is 0 Å². The van der Waals surface area contributed by atoms with E-state index in [2.05, 4.69) is 20.4 Å². The molecule has 0 saturated heterocycles. The summed E-state index contributed by atoms with van der Waals surface area (Å²) in [5, 5.41) is 10.7. The molecule has 1 unspecified atom stereocenters. The van der Waals surface area contributed by atoms with Crippen LogP contribution in [0.5, 0.6) is 0 Å². The maximum atomic E-state index is 10.8. The number of primary amides is 1. The molecule has 0 fully saturated rings. The third-order valence-corrected chi connectivity index (χ3v) is 1.95. The predicted molar refractivity (Wildman–Crippen MR) is 62.2 cm³/mol. The van der Waals surface area contributed by atoms with Crippen molar-refractivity contribution in [1.82, 2.24) is 15.1 Å². The van der Waals surface area contributed by atoms with Gasteiger partial charge in [0.2, 0.25) is 0 Å². The molecule has 1 heterocycles. The van der Waals surface area contributed by atoms with Gasteiger partial charge in [-0.3, -0.25) is 4.79 Å². The Bertz CT molecular complexity index is 349. The predicted octanol–water partition coefficient (Wildman–Crippen LogP) is -0.0625. The van der Waals surface area contributed by atoms with Crippen LogP contribution in [0.25, 0.3) is 0 Å². The number of carbonyl (C=O) groups is 1. The smallest absolute Gasteiger partial charge is 0.269 e. The lowest BCUT2D eigenvalue weighted by atomic mass is 10.3. The van der Waals surface area contributed by atoms with Crippen molar-refractivity contribution in [3.05, 3.63) is 17.8 Å². The molecular formula is C10H17N5O. The molecule has 0 radical (unpaired) electrons. The Labute approximate surface area is 94.8 Å². The first kappa shape index (κ1) is 12.4. The van der Waals surface area contributed by atoms with Crippen LogP contribution in [0.2, 0.25) is 0 Å². The van der Waals surface area contributed by atoms with Crippen molar-refractivity contribution in [2.75, 3.05) is 26.0 Å². The van der Waals surface area contributed by atoms with Crippen molar-refractivity contribution >= 4 is 11.7 Å². The zero-order valence-electron chi connectivity index (χ0n) is 9.77. The van der Waals surface area contributed by atoms with E-state index in [1.165, 1.54) is 0 Å². The van der Waals surface area contributed by atoms with Crippen molar-refractivity contribution < 1.29 is 4.79 Å². The second-order valence-electron chi connectivity index (χ2n) is 3.98. The van der Waals surface area contributed by atoms with Crippen molar-refractivity contribution in [1.29, 1.82) is 0 Å². The Hall–Kier alpha value is -1.69. The van der Waals surface area contributed by atoms with Gasteiger partial charge < -0.3 is 16.0 Å². The number of rotatable bonds is 5. The fraction of sp³-hybridized carbons (Fsp3) is 0.500. The van der Waals surface area contributed by atoms with E-state index >= 15 is 0 Å². The number of nitrogens with one attached hydrogen (secondary N) is 1. The van der Waals surface area contributed by atoms with E-state index in [0.29, 0.717) is 5.82 Å². The van der Waals surface area contributed by atoms with Crippen molar-refractivity contribution in [2.24, 2.45) is 5.73 Å². The molecule has 16 heavy (non-hydrogen) atoms. The average molecular weight is 223 g/mol. The summed E-state index contributed by atoms with van der Waals surface area (Å²) in [5.41, 5.74) is 5.23. The Morgan fingerprint density at radius 3 is 2.62 bits per heavy atom. The molecule has 6 nitrogen and oxygen atoms in total. The molecule has 0 aliphatic heterocycles. The molecule has 0 aromatic carbocycles. The summed E-state index contributed by atoms with van der Waals surface area (Å²) in [6, 6.07) is 3.50. The Morgan fingerprint density at radius 2 is 2.19 bits per heavy atom. The number of carbonyl (C=O) groups excluding carboxylic acids is 1. The number of nitrogens with two attached hydrogens (primary N) is 1. The van der Waals surface area contributed by atoms with Gasteiger partial charge in [0.15, 0.2) is 5.69 Å². The minimum absolute atomic E-state index is 0.172. The van der Waals surface area contributed by atoms with E-state index in [-0.39, 0.29) is 11.7 Å². The highest BCUT2D eigenvalue weighted by Crippen LogP contribution is 2.03. The monoisotopic (exact) mass is 223 g/mol. The van der Waals surface area contributed by atoms with Gasteiger partial charge in [-0.25, -0.2) is 0 Å². The van der Waals surface area contributed by atoms with Crippen molar-refractivity contribution in [3.63, 3.8) is 0 Å². The van der Waals surface area contributed by atoms with Crippen LogP contribution in [0.1, 0.15) is 17.4 Å². The van der Waals surface area contributed by atoms with E-state index in [0.717, 1.165) is 6.54 Å². The third-order valence-electron chi connectivity index (χ3n) is 1.95. The molecule has 6 heteroatoms. The fourth-order valence-corrected chi connectivity index (χ4v) is 1.39. The summed E-state index contributed by atoms with van der Waals surface area (Å²) in [4.78, 5) is 12.8. The molecule has 1 aromatic rings. The Kier molecular flexibility index (Phi) is 4.19. The number of aromatic nitrogens is 2. The topological polar surface area (TPSA) is 84.1 Å². The molecule has 0 saturated carbocycles. The second kappa shape index (κ2) is 5.41. The summed E-state index contributed by atoms with van der Waals surface area (Å²) in [5.74, 6) is 0.0692. The highest BCUT2D eigenvalue weighted by atomic mass is 16.1. The van der Waals surface area contributed by atoms with E-state index in [4.69, 9.17) is 5.73 Å². The van der Waals surface area contributed by atoms with E-state index in [1.807, 2.05) is 21.0 Å². The number of likely N-dealkylation sites (N-methyl/N-ethyl adjacent to an activating group) is 1. The maximum Gasteiger partial charge on any atom is 0.269 e. The molecule has 0 aliphatic carbocycles. The summed E-state index contributed by atoms with van der Waals surface area (Å²) in [7, 11) is 4.00. The van der Waals surface area contributed by atoms with Gasteiger partial charge in [0.1, 0.15) is 5.82 Å². The van der Waals surface area contributed by atoms with Crippen LogP contribution >= 0.6 is 0 Å². The first-order valence-electron chi connectivity index (χ1n) is 5.04. The zero-order valence-corrected chi connectivity index (χ0v) is 9.77. The van der Waals surface area contributed by atoms with Gasteiger partial charge in [-0.15, -0.1) is 10.2 Å². The lowest BCUT2D eigenvalue weighted by molar-refractivity contribution is 0.0994. The molecule has 1 amide bonds. The summed E-state index contributed by atoms with van der Waals surface area (Å²) in [6.45, 7) is 2.93. The van der Waals surface area contributed by atoms with Gasteiger partial charge in [-0.2, -0.15) is 0 Å². The van der Waals surface area contributed by atoms with Gasteiger partial charge in [0.05, 0.1) is 0 Å². The molecule has 1 atom stereocenters. The number of amides is 1. The number of hydrogen-bond donors (Lipinski definition) is 2. The van der Waals surface area contributed by atoms with Gasteiger partial charge in [0, 0.05) is 12.6 Å². The molecule has 0 bridgehead atoms. The zero-order chi connectivity index (χ0) is 12.1. The number of nitrogens with zero attached hydrogens (tertiary/aromatic N) is 3. The van der Waals surface area contributed by atoms with Crippen molar-refractivity contribution in [2.45, 2.75) is 13.0 Å². The number of hydrogen-bond acceptors (Lipinski definition) is 5.